The molecule has 28 heavy (non-hydrogen) atoms. The number of nitro groups is 1. The molecule has 0 unspecified atom stereocenters. The molecule has 2 aromatic carbocycles. The van der Waals surface area contributed by atoms with Crippen molar-refractivity contribution in [1.82, 2.24) is 5.32 Å². The maximum absolute atomic E-state index is 12.5. The number of hydrogen-bond acceptors (Lipinski definition) is 5. The average molecular weight is 405 g/mol. The topological polar surface area (TPSA) is 110 Å². The number of sulfonamides is 1. The van der Waals surface area contributed by atoms with Gasteiger partial charge < -0.3 is 5.32 Å². The van der Waals surface area contributed by atoms with E-state index in [1.54, 1.807) is 0 Å². The third-order valence-electron chi connectivity index (χ3n) is 4.29. The minimum Gasteiger partial charge on any atom is -0.348 e. The Morgan fingerprint density at radius 1 is 1.21 bits per heavy atom. The SMILES string of the molecule is Cc1ccc(C)c([C@@H](C)NC(=O)CN(c2cccc([N+](=O)[O-])c2)S(C)(=O)=O)c1. The molecule has 8 nitrogen and oxygen atoms in total. The molecule has 1 atom stereocenters. The molecule has 0 aromatic heterocycles. The minimum absolute atomic E-state index is 0.0613. The number of nitrogens with one attached hydrogen (secondary N) is 1. The van der Waals surface area contributed by atoms with Gasteiger partial charge in [0, 0.05) is 12.1 Å². The quantitative estimate of drug-likeness (QED) is 0.563. The van der Waals surface area contributed by atoms with E-state index in [1.165, 1.54) is 18.2 Å². The van der Waals surface area contributed by atoms with Crippen LogP contribution in [-0.4, -0.2) is 32.0 Å². The summed E-state index contributed by atoms with van der Waals surface area (Å²) in [7, 11) is -3.82. The molecule has 1 amide bonds. The van der Waals surface area contributed by atoms with Crippen LogP contribution < -0.4 is 9.62 Å². The second-order valence-electron chi connectivity index (χ2n) is 6.70. The van der Waals surface area contributed by atoms with Crippen molar-refractivity contribution >= 4 is 27.3 Å². The summed E-state index contributed by atoms with van der Waals surface area (Å²) >= 11 is 0. The monoisotopic (exact) mass is 405 g/mol. The predicted molar refractivity (Wildman–Crippen MR) is 108 cm³/mol. The molecule has 0 aliphatic rings. The van der Waals surface area contributed by atoms with Gasteiger partial charge in [0.15, 0.2) is 0 Å². The number of benzene rings is 2. The summed E-state index contributed by atoms with van der Waals surface area (Å²) in [6.07, 6.45) is 0.952. The number of anilines is 1. The van der Waals surface area contributed by atoms with Gasteiger partial charge in [-0.25, -0.2) is 8.42 Å². The molecule has 0 aliphatic heterocycles. The number of carbonyl (C=O) groups excluding carboxylic acids is 1. The van der Waals surface area contributed by atoms with Crippen LogP contribution in [0.5, 0.6) is 0 Å². The van der Waals surface area contributed by atoms with Crippen LogP contribution in [0.1, 0.15) is 29.7 Å². The Kier molecular flexibility index (Phi) is 6.40. The van der Waals surface area contributed by atoms with E-state index >= 15 is 0 Å². The largest absolute Gasteiger partial charge is 0.348 e. The third kappa shape index (κ3) is 5.29. The van der Waals surface area contributed by atoms with Crippen molar-refractivity contribution < 1.29 is 18.1 Å². The van der Waals surface area contributed by atoms with E-state index in [0.717, 1.165) is 33.3 Å². The van der Waals surface area contributed by atoms with Gasteiger partial charge in [-0.1, -0.05) is 29.8 Å². The highest BCUT2D eigenvalue weighted by Crippen LogP contribution is 2.23. The van der Waals surface area contributed by atoms with Crippen LogP contribution >= 0.6 is 0 Å². The average Bonchev–Trinajstić information content (AvgIpc) is 2.60. The van der Waals surface area contributed by atoms with Crippen molar-refractivity contribution in [3.05, 3.63) is 69.3 Å². The van der Waals surface area contributed by atoms with Crippen LogP contribution in [0.3, 0.4) is 0 Å². The Morgan fingerprint density at radius 3 is 2.50 bits per heavy atom. The van der Waals surface area contributed by atoms with Crippen LogP contribution in [0.2, 0.25) is 0 Å². The first-order chi connectivity index (χ1) is 13.0. The fraction of sp³-hybridized carbons (Fsp3) is 0.316. The number of carbonyl (C=O) groups is 1. The van der Waals surface area contributed by atoms with Crippen LogP contribution in [-0.2, 0) is 14.8 Å². The number of non-ortho nitro benzene ring substituents is 1. The van der Waals surface area contributed by atoms with E-state index in [-0.39, 0.29) is 17.4 Å². The van der Waals surface area contributed by atoms with Crippen molar-refractivity contribution in [2.75, 3.05) is 17.1 Å². The Morgan fingerprint density at radius 2 is 1.89 bits per heavy atom. The first-order valence-corrected chi connectivity index (χ1v) is 10.4. The Labute approximate surface area is 164 Å². The van der Waals surface area contributed by atoms with E-state index in [2.05, 4.69) is 5.32 Å². The summed E-state index contributed by atoms with van der Waals surface area (Å²) in [6, 6.07) is 10.8. The highest BCUT2D eigenvalue weighted by Gasteiger charge is 2.23. The molecular weight excluding hydrogens is 382 g/mol. The molecule has 0 saturated heterocycles. The molecule has 1 N–H and O–H groups in total. The number of nitrogens with zero attached hydrogens (tertiary/aromatic N) is 2. The van der Waals surface area contributed by atoms with Crippen LogP contribution in [0.25, 0.3) is 0 Å². The fourth-order valence-electron chi connectivity index (χ4n) is 2.88. The lowest BCUT2D eigenvalue weighted by Crippen LogP contribution is -2.41. The lowest BCUT2D eigenvalue weighted by atomic mass is 10.00. The Hall–Kier alpha value is -2.94. The zero-order valence-electron chi connectivity index (χ0n) is 16.2. The number of rotatable bonds is 7. The number of nitro benzene ring substituents is 1. The third-order valence-corrected chi connectivity index (χ3v) is 5.44. The lowest BCUT2D eigenvalue weighted by molar-refractivity contribution is -0.384. The Balaban J connectivity index is 2.23. The van der Waals surface area contributed by atoms with Crippen LogP contribution in [0.4, 0.5) is 11.4 Å². The van der Waals surface area contributed by atoms with Gasteiger partial charge in [0.2, 0.25) is 15.9 Å². The maximum atomic E-state index is 12.5. The van der Waals surface area contributed by atoms with Gasteiger partial charge in [-0.05, 0) is 38.0 Å². The van der Waals surface area contributed by atoms with Gasteiger partial charge in [0.05, 0.1) is 22.9 Å². The zero-order chi connectivity index (χ0) is 21.1. The molecule has 0 radical (unpaired) electrons. The van der Waals surface area contributed by atoms with Crippen molar-refractivity contribution in [3.63, 3.8) is 0 Å². The van der Waals surface area contributed by atoms with E-state index < -0.39 is 27.4 Å². The van der Waals surface area contributed by atoms with Crippen molar-refractivity contribution in [2.45, 2.75) is 26.8 Å². The summed E-state index contributed by atoms with van der Waals surface area (Å²) in [6.45, 7) is 5.22. The molecule has 150 valence electrons. The summed E-state index contributed by atoms with van der Waals surface area (Å²) in [5.41, 5.74) is 2.81. The zero-order valence-corrected chi connectivity index (χ0v) is 17.0. The normalized spacial score (nSPS) is 12.3. The molecule has 0 fully saturated rings. The van der Waals surface area contributed by atoms with Crippen molar-refractivity contribution in [1.29, 1.82) is 0 Å². The molecule has 9 heteroatoms. The van der Waals surface area contributed by atoms with E-state index in [0.29, 0.717) is 0 Å². The van der Waals surface area contributed by atoms with Crippen molar-refractivity contribution in [3.8, 4) is 0 Å². The highest BCUT2D eigenvalue weighted by atomic mass is 32.2. The summed E-state index contributed by atoms with van der Waals surface area (Å²) in [5.74, 6) is -0.509. The lowest BCUT2D eigenvalue weighted by Gasteiger charge is -2.23. The van der Waals surface area contributed by atoms with Crippen molar-refractivity contribution in [2.24, 2.45) is 0 Å². The van der Waals surface area contributed by atoms with Gasteiger partial charge >= 0.3 is 0 Å². The standard InChI is InChI=1S/C19H23N3O5S/c1-13-8-9-14(2)18(10-13)15(3)20-19(23)12-21(28(4,26)27)16-6-5-7-17(11-16)22(24)25/h5-11,15H,12H2,1-4H3,(H,20,23)/t15-/m1/s1. The first-order valence-electron chi connectivity index (χ1n) is 8.57. The van der Waals surface area contributed by atoms with Gasteiger partial charge in [-0.15, -0.1) is 0 Å². The summed E-state index contributed by atoms with van der Waals surface area (Å²) < 4.78 is 25.2. The van der Waals surface area contributed by atoms with E-state index in [4.69, 9.17) is 0 Å². The number of amides is 1. The molecule has 0 spiro atoms. The fourth-order valence-corrected chi connectivity index (χ4v) is 3.73. The van der Waals surface area contributed by atoms with Gasteiger partial charge in [0.1, 0.15) is 6.54 Å². The maximum Gasteiger partial charge on any atom is 0.271 e. The molecular formula is C19H23N3O5S. The summed E-state index contributed by atoms with van der Waals surface area (Å²) in [4.78, 5) is 22.9. The van der Waals surface area contributed by atoms with Crippen LogP contribution in [0, 0.1) is 24.0 Å². The van der Waals surface area contributed by atoms with Gasteiger partial charge in [-0.2, -0.15) is 0 Å². The molecule has 0 bridgehead atoms. The minimum atomic E-state index is -3.82. The van der Waals surface area contributed by atoms with Gasteiger partial charge in [-0.3, -0.25) is 19.2 Å². The molecule has 0 aliphatic carbocycles. The second kappa shape index (κ2) is 8.39. The predicted octanol–water partition coefficient (Wildman–Crippen LogP) is 2.86. The second-order valence-corrected chi connectivity index (χ2v) is 8.60. The first kappa shape index (κ1) is 21.4. The number of aryl methyl sites for hydroxylation is 2. The van der Waals surface area contributed by atoms with Crippen LogP contribution in [0.15, 0.2) is 42.5 Å². The molecule has 0 saturated carbocycles. The molecule has 0 heterocycles. The van der Waals surface area contributed by atoms with E-state index in [9.17, 15) is 23.3 Å². The van der Waals surface area contributed by atoms with E-state index in [1.807, 2.05) is 39.0 Å². The molecule has 2 rings (SSSR count). The smallest absolute Gasteiger partial charge is 0.271 e. The number of hydrogen-bond donors (Lipinski definition) is 1. The Bertz CT molecular complexity index is 1000. The van der Waals surface area contributed by atoms with Gasteiger partial charge in [0.25, 0.3) is 5.69 Å². The summed E-state index contributed by atoms with van der Waals surface area (Å²) in [5, 5.41) is 13.8. The molecule has 2 aromatic rings. The highest BCUT2D eigenvalue weighted by molar-refractivity contribution is 7.92.